The number of nitrogens with one attached hydrogen (secondary N) is 1. The number of esters is 2. The lowest BCUT2D eigenvalue weighted by atomic mass is 10.1. The number of hydrogen-bond donors (Lipinski definition) is 1. The van der Waals surface area contributed by atoms with Crippen LogP contribution >= 0.6 is 11.3 Å². The fourth-order valence-corrected chi connectivity index (χ4v) is 3.42. The van der Waals surface area contributed by atoms with Gasteiger partial charge in [0.2, 0.25) is 5.91 Å². The van der Waals surface area contributed by atoms with E-state index in [9.17, 15) is 14.4 Å². The minimum atomic E-state index is -0.488. The lowest BCUT2D eigenvalue weighted by Gasteiger charge is -2.11. The minimum Gasteiger partial charge on any atom is -0.496 e. The van der Waals surface area contributed by atoms with Gasteiger partial charge in [0, 0.05) is 5.56 Å². The fraction of sp³-hybridized carbons (Fsp3) is 0.316. The second-order valence-electron chi connectivity index (χ2n) is 5.59. The summed E-state index contributed by atoms with van der Waals surface area (Å²) in [5, 5.41) is 4.98. The van der Waals surface area contributed by atoms with Crippen molar-refractivity contribution in [2.24, 2.45) is 0 Å². The lowest BCUT2D eigenvalue weighted by Crippen LogP contribution is -2.17. The molecule has 0 unspecified atom stereocenters. The van der Waals surface area contributed by atoms with Crippen LogP contribution in [0, 0.1) is 6.92 Å². The van der Waals surface area contributed by atoms with Crippen molar-refractivity contribution in [1.82, 2.24) is 0 Å². The molecule has 0 atom stereocenters. The van der Waals surface area contributed by atoms with E-state index in [1.807, 2.05) is 0 Å². The van der Waals surface area contributed by atoms with Gasteiger partial charge >= 0.3 is 11.9 Å². The van der Waals surface area contributed by atoms with Crippen LogP contribution in [0.2, 0.25) is 0 Å². The maximum Gasteiger partial charge on any atom is 0.341 e. The van der Waals surface area contributed by atoms with E-state index in [1.165, 1.54) is 31.6 Å². The van der Waals surface area contributed by atoms with Crippen LogP contribution in [0.5, 0.6) is 5.75 Å². The SMILES string of the molecule is CCOC(=O)c1c(C)csc1NC(=O)Cc1ccc(C(=O)OC)cc1OC. The Morgan fingerprint density at radius 3 is 2.52 bits per heavy atom. The van der Waals surface area contributed by atoms with Gasteiger partial charge in [-0.25, -0.2) is 9.59 Å². The summed E-state index contributed by atoms with van der Waals surface area (Å²) in [4.78, 5) is 36.2. The van der Waals surface area contributed by atoms with Crippen molar-refractivity contribution >= 4 is 34.2 Å². The van der Waals surface area contributed by atoms with Crippen LogP contribution in [0.3, 0.4) is 0 Å². The lowest BCUT2D eigenvalue weighted by molar-refractivity contribution is -0.115. The van der Waals surface area contributed by atoms with Crippen LogP contribution < -0.4 is 10.1 Å². The number of aryl methyl sites for hydroxylation is 1. The molecule has 144 valence electrons. The number of ether oxygens (including phenoxy) is 3. The van der Waals surface area contributed by atoms with Gasteiger partial charge in [-0.3, -0.25) is 4.79 Å². The highest BCUT2D eigenvalue weighted by Crippen LogP contribution is 2.29. The van der Waals surface area contributed by atoms with Crippen molar-refractivity contribution in [3.8, 4) is 5.75 Å². The van der Waals surface area contributed by atoms with E-state index in [4.69, 9.17) is 9.47 Å². The first kappa shape index (κ1) is 20.4. The molecule has 0 spiro atoms. The minimum absolute atomic E-state index is 0.0177. The van der Waals surface area contributed by atoms with E-state index in [0.717, 1.165) is 5.56 Å². The number of thiophene rings is 1. The molecule has 1 heterocycles. The maximum atomic E-state index is 12.5. The van der Waals surface area contributed by atoms with Crippen molar-refractivity contribution in [2.45, 2.75) is 20.3 Å². The average Bonchev–Trinajstić information content (AvgIpc) is 3.01. The fourth-order valence-electron chi connectivity index (χ4n) is 2.47. The van der Waals surface area contributed by atoms with Crippen LogP contribution in [-0.4, -0.2) is 38.7 Å². The highest BCUT2D eigenvalue weighted by molar-refractivity contribution is 7.15. The topological polar surface area (TPSA) is 90.9 Å². The number of carbonyl (C=O) groups is 3. The Hall–Kier alpha value is -2.87. The van der Waals surface area contributed by atoms with Crippen molar-refractivity contribution in [3.05, 3.63) is 45.8 Å². The van der Waals surface area contributed by atoms with Gasteiger partial charge < -0.3 is 19.5 Å². The molecule has 2 aromatic rings. The first-order valence-electron chi connectivity index (χ1n) is 8.21. The Bertz CT molecular complexity index is 858. The van der Waals surface area contributed by atoms with Gasteiger partial charge in [0.15, 0.2) is 0 Å². The van der Waals surface area contributed by atoms with Gasteiger partial charge in [0.05, 0.1) is 38.4 Å². The van der Waals surface area contributed by atoms with Gasteiger partial charge in [-0.2, -0.15) is 0 Å². The highest BCUT2D eigenvalue weighted by Gasteiger charge is 2.20. The quantitative estimate of drug-likeness (QED) is 0.729. The Morgan fingerprint density at radius 1 is 1.15 bits per heavy atom. The van der Waals surface area contributed by atoms with Crippen molar-refractivity contribution < 1.29 is 28.6 Å². The molecule has 1 N–H and O–H groups in total. The highest BCUT2D eigenvalue weighted by atomic mass is 32.1. The summed E-state index contributed by atoms with van der Waals surface area (Å²) >= 11 is 1.26. The molecular formula is C19H21NO6S. The van der Waals surface area contributed by atoms with Crippen molar-refractivity contribution in [1.29, 1.82) is 0 Å². The third kappa shape index (κ3) is 4.85. The Balaban J connectivity index is 2.17. The van der Waals surface area contributed by atoms with E-state index in [0.29, 0.717) is 27.4 Å². The van der Waals surface area contributed by atoms with Gasteiger partial charge in [-0.1, -0.05) is 6.07 Å². The first-order chi connectivity index (χ1) is 12.9. The molecule has 0 aliphatic heterocycles. The molecule has 0 fully saturated rings. The van der Waals surface area contributed by atoms with Crippen molar-refractivity contribution in [2.75, 3.05) is 26.1 Å². The van der Waals surface area contributed by atoms with Gasteiger partial charge in [-0.15, -0.1) is 11.3 Å². The zero-order valence-electron chi connectivity index (χ0n) is 15.6. The number of benzene rings is 1. The molecule has 7 nitrogen and oxygen atoms in total. The molecule has 1 aromatic heterocycles. The Kier molecular flexibility index (Phi) is 6.95. The van der Waals surface area contributed by atoms with Gasteiger partial charge in [0.25, 0.3) is 0 Å². The summed E-state index contributed by atoms with van der Waals surface area (Å²) in [5.74, 6) is -0.864. The van der Waals surface area contributed by atoms with E-state index < -0.39 is 11.9 Å². The molecule has 0 saturated carbocycles. The normalized spacial score (nSPS) is 10.2. The third-order valence-electron chi connectivity index (χ3n) is 3.77. The third-order valence-corrected chi connectivity index (χ3v) is 4.78. The number of hydrogen-bond acceptors (Lipinski definition) is 7. The summed E-state index contributed by atoms with van der Waals surface area (Å²) in [6.45, 7) is 3.76. The van der Waals surface area contributed by atoms with E-state index >= 15 is 0 Å². The first-order valence-corrected chi connectivity index (χ1v) is 9.09. The predicted molar refractivity (Wildman–Crippen MR) is 102 cm³/mol. The van der Waals surface area contributed by atoms with Crippen LogP contribution in [0.4, 0.5) is 5.00 Å². The maximum absolute atomic E-state index is 12.5. The van der Waals surface area contributed by atoms with E-state index in [-0.39, 0.29) is 18.9 Å². The molecule has 27 heavy (non-hydrogen) atoms. The molecule has 0 aliphatic rings. The largest absolute Gasteiger partial charge is 0.496 e. The zero-order valence-corrected chi connectivity index (χ0v) is 16.4. The molecule has 0 aliphatic carbocycles. The second kappa shape index (κ2) is 9.18. The van der Waals surface area contributed by atoms with Gasteiger partial charge in [-0.05, 0) is 36.9 Å². The van der Waals surface area contributed by atoms with Gasteiger partial charge in [0.1, 0.15) is 10.8 Å². The second-order valence-corrected chi connectivity index (χ2v) is 6.47. The van der Waals surface area contributed by atoms with Crippen LogP contribution in [0.1, 0.15) is 38.8 Å². The summed E-state index contributed by atoms with van der Waals surface area (Å²) in [6.07, 6.45) is 0.0177. The van der Waals surface area contributed by atoms with Crippen LogP contribution in [0.15, 0.2) is 23.6 Å². The molecule has 2 rings (SSSR count). The van der Waals surface area contributed by atoms with E-state index in [1.54, 1.807) is 31.4 Å². The average molecular weight is 391 g/mol. The Labute approximate surface area is 161 Å². The molecule has 8 heteroatoms. The molecule has 1 amide bonds. The molecule has 1 aromatic carbocycles. The summed E-state index contributed by atoms with van der Waals surface area (Å²) in [7, 11) is 2.75. The summed E-state index contributed by atoms with van der Waals surface area (Å²) in [5.41, 5.74) is 2.04. The van der Waals surface area contributed by atoms with E-state index in [2.05, 4.69) is 10.1 Å². The summed E-state index contributed by atoms with van der Waals surface area (Å²) in [6, 6.07) is 4.72. The predicted octanol–water partition coefficient (Wildman–Crippen LogP) is 3.21. The number of amides is 1. The Morgan fingerprint density at radius 2 is 1.89 bits per heavy atom. The standard InChI is InChI=1S/C19H21NO6S/c1-5-26-19(23)16-11(2)10-27-17(16)20-15(21)9-12-6-7-13(18(22)25-4)8-14(12)24-3/h6-8,10H,5,9H2,1-4H3,(H,20,21). The summed E-state index contributed by atoms with van der Waals surface area (Å²) < 4.78 is 15.0. The van der Waals surface area contributed by atoms with Crippen LogP contribution in [-0.2, 0) is 20.7 Å². The number of anilines is 1. The smallest absolute Gasteiger partial charge is 0.341 e. The monoisotopic (exact) mass is 391 g/mol. The molecular weight excluding hydrogens is 370 g/mol. The van der Waals surface area contributed by atoms with Crippen molar-refractivity contribution in [3.63, 3.8) is 0 Å². The molecule has 0 radical (unpaired) electrons. The number of carbonyl (C=O) groups excluding carboxylic acids is 3. The van der Waals surface area contributed by atoms with Crippen LogP contribution in [0.25, 0.3) is 0 Å². The zero-order chi connectivity index (χ0) is 20.0. The number of methoxy groups -OCH3 is 2. The number of rotatable bonds is 7. The molecule has 0 bridgehead atoms. The molecule has 0 saturated heterocycles.